The van der Waals surface area contributed by atoms with E-state index in [-0.39, 0.29) is 0 Å². The Kier molecular flexibility index (Phi) is 3.93. The topological polar surface area (TPSA) is 69.0 Å². The first kappa shape index (κ1) is 13.3. The number of azide groups is 1. The molecule has 1 aromatic rings. The lowest BCUT2D eigenvalue weighted by Gasteiger charge is -2.16. The zero-order valence-electron chi connectivity index (χ0n) is 8.32. The minimum atomic E-state index is -4.78. The highest BCUT2D eigenvalue weighted by atomic mass is 19.4. The highest BCUT2D eigenvalue weighted by molar-refractivity contribution is 5.33. The van der Waals surface area contributed by atoms with Crippen molar-refractivity contribution in [2.75, 3.05) is 6.61 Å². The molecule has 0 aliphatic rings. The third-order valence-corrected chi connectivity index (χ3v) is 2.04. The average Bonchev–Trinajstić information content (AvgIpc) is 2.25. The van der Waals surface area contributed by atoms with Gasteiger partial charge in [-0.05, 0) is 23.2 Å². The maximum Gasteiger partial charge on any atom is 0.416 e. The van der Waals surface area contributed by atoms with Gasteiger partial charge in [-0.2, -0.15) is 13.2 Å². The first-order chi connectivity index (χ1) is 7.90. The van der Waals surface area contributed by atoms with Crippen molar-refractivity contribution in [3.63, 3.8) is 0 Å². The number of hydrogen-bond donors (Lipinski definition) is 1. The van der Waals surface area contributed by atoms with Crippen LogP contribution in [0.5, 0.6) is 0 Å². The van der Waals surface area contributed by atoms with Gasteiger partial charge in [-0.3, -0.25) is 0 Å². The molecule has 1 aromatic carbocycles. The quantitative estimate of drug-likeness (QED) is 0.380. The highest BCUT2D eigenvalue weighted by Crippen LogP contribution is 2.36. The van der Waals surface area contributed by atoms with Gasteiger partial charge in [-0.1, -0.05) is 11.2 Å². The lowest BCUT2D eigenvalue weighted by molar-refractivity contribution is -0.138. The molecule has 17 heavy (non-hydrogen) atoms. The van der Waals surface area contributed by atoms with Crippen LogP contribution < -0.4 is 0 Å². The number of halogens is 4. The van der Waals surface area contributed by atoms with Gasteiger partial charge in [0.2, 0.25) is 0 Å². The van der Waals surface area contributed by atoms with Crippen molar-refractivity contribution in [3.8, 4) is 0 Å². The molecule has 0 fully saturated rings. The summed E-state index contributed by atoms with van der Waals surface area (Å²) in [4.78, 5) is 2.33. The molecule has 1 rings (SSSR count). The summed E-state index contributed by atoms with van der Waals surface area (Å²) in [6, 6.07) is 0.552. The van der Waals surface area contributed by atoms with Gasteiger partial charge in [0.15, 0.2) is 0 Å². The number of alkyl halides is 3. The van der Waals surface area contributed by atoms with Crippen LogP contribution in [-0.2, 0) is 6.18 Å². The lowest BCUT2D eigenvalue weighted by Crippen LogP contribution is -2.13. The van der Waals surface area contributed by atoms with Crippen molar-refractivity contribution in [1.29, 1.82) is 0 Å². The van der Waals surface area contributed by atoms with Crippen LogP contribution >= 0.6 is 0 Å². The van der Waals surface area contributed by atoms with Crippen LogP contribution in [0.15, 0.2) is 23.3 Å². The summed E-state index contributed by atoms with van der Waals surface area (Å²) in [5.74, 6) is -1.06. The van der Waals surface area contributed by atoms with E-state index >= 15 is 0 Å². The second kappa shape index (κ2) is 5.03. The molecule has 0 spiro atoms. The van der Waals surface area contributed by atoms with E-state index in [1.165, 1.54) is 0 Å². The van der Waals surface area contributed by atoms with Gasteiger partial charge >= 0.3 is 6.18 Å². The molecule has 0 aliphatic heterocycles. The zero-order chi connectivity index (χ0) is 13.1. The molecular formula is C9H7F4N3O. The molecule has 1 unspecified atom stereocenters. The van der Waals surface area contributed by atoms with Gasteiger partial charge in [0.25, 0.3) is 0 Å². The molecule has 0 aliphatic carbocycles. The first-order valence-electron chi connectivity index (χ1n) is 4.42. The van der Waals surface area contributed by atoms with Crippen LogP contribution in [0, 0.1) is 5.82 Å². The fraction of sp³-hybridized carbons (Fsp3) is 0.333. The van der Waals surface area contributed by atoms with Crippen molar-refractivity contribution < 1.29 is 22.7 Å². The molecule has 0 saturated carbocycles. The molecular weight excluding hydrogens is 242 g/mol. The van der Waals surface area contributed by atoms with Crippen LogP contribution in [0.25, 0.3) is 10.4 Å². The Bertz CT molecular complexity index is 454. The monoisotopic (exact) mass is 249 g/mol. The predicted molar refractivity (Wildman–Crippen MR) is 50.4 cm³/mol. The van der Waals surface area contributed by atoms with Crippen LogP contribution in [0.4, 0.5) is 17.6 Å². The van der Waals surface area contributed by atoms with Crippen molar-refractivity contribution in [3.05, 3.63) is 45.6 Å². The van der Waals surface area contributed by atoms with Gasteiger partial charge in [0, 0.05) is 4.91 Å². The smallest absolute Gasteiger partial charge is 0.396 e. The molecule has 92 valence electrons. The third kappa shape index (κ3) is 3.08. The Hall–Kier alpha value is -1.79. The molecule has 4 nitrogen and oxygen atoms in total. The van der Waals surface area contributed by atoms with Crippen LogP contribution in [0.2, 0.25) is 0 Å². The number of aliphatic hydroxyl groups is 1. The summed E-state index contributed by atoms with van der Waals surface area (Å²) in [7, 11) is 0. The van der Waals surface area contributed by atoms with Crippen LogP contribution in [0.3, 0.4) is 0 Å². The molecule has 0 amide bonds. The third-order valence-electron chi connectivity index (χ3n) is 2.04. The van der Waals surface area contributed by atoms with E-state index in [0.29, 0.717) is 6.07 Å². The van der Waals surface area contributed by atoms with Crippen molar-refractivity contribution >= 4 is 0 Å². The SMILES string of the molecule is [N-]=[N+]=NC(CO)c1ccc(F)cc1C(F)(F)F. The second-order valence-corrected chi connectivity index (χ2v) is 3.13. The molecule has 0 radical (unpaired) electrons. The molecule has 8 heteroatoms. The number of aliphatic hydroxyl groups excluding tert-OH is 1. The molecule has 0 saturated heterocycles. The lowest BCUT2D eigenvalue weighted by atomic mass is 10.0. The fourth-order valence-corrected chi connectivity index (χ4v) is 1.32. The van der Waals surface area contributed by atoms with E-state index in [2.05, 4.69) is 10.0 Å². The average molecular weight is 249 g/mol. The minimum Gasteiger partial charge on any atom is -0.396 e. The Balaban J connectivity index is 3.36. The minimum absolute atomic E-state index is 0.297. The van der Waals surface area contributed by atoms with Crippen molar-refractivity contribution in [2.45, 2.75) is 12.2 Å². The number of benzene rings is 1. The standard InChI is InChI=1S/C9H7F4N3O/c10-5-1-2-6(8(4-17)15-16-14)7(3-5)9(11,12)13/h1-3,8,17H,4H2. The van der Waals surface area contributed by atoms with E-state index in [0.717, 1.165) is 12.1 Å². The van der Waals surface area contributed by atoms with Crippen LogP contribution in [0.1, 0.15) is 17.2 Å². The van der Waals surface area contributed by atoms with E-state index in [1.807, 2.05) is 0 Å². The molecule has 0 bridgehead atoms. The fourth-order valence-electron chi connectivity index (χ4n) is 1.32. The molecule has 0 heterocycles. The normalized spacial score (nSPS) is 13.0. The summed E-state index contributed by atoms with van der Waals surface area (Å²) in [5, 5.41) is 11.9. The number of rotatable bonds is 3. The second-order valence-electron chi connectivity index (χ2n) is 3.13. The predicted octanol–water partition coefficient (Wildman–Crippen LogP) is 3.19. The summed E-state index contributed by atoms with van der Waals surface area (Å²) in [6.07, 6.45) is -4.78. The van der Waals surface area contributed by atoms with Gasteiger partial charge in [0.1, 0.15) is 5.82 Å². The van der Waals surface area contributed by atoms with E-state index in [4.69, 9.17) is 10.6 Å². The Labute approximate surface area is 93.1 Å². The zero-order valence-corrected chi connectivity index (χ0v) is 8.32. The number of hydrogen-bond acceptors (Lipinski definition) is 2. The van der Waals surface area contributed by atoms with Gasteiger partial charge in [0.05, 0.1) is 18.2 Å². The maximum atomic E-state index is 12.8. The first-order valence-corrected chi connectivity index (χ1v) is 4.42. The van der Waals surface area contributed by atoms with Crippen molar-refractivity contribution in [2.24, 2.45) is 5.11 Å². The van der Waals surface area contributed by atoms with Crippen LogP contribution in [-0.4, -0.2) is 11.7 Å². The summed E-state index contributed by atoms with van der Waals surface area (Å²) in [6.45, 7) is -0.793. The largest absolute Gasteiger partial charge is 0.416 e. The van der Waals surface area contributed by atoms with E-state index in [1.54, 1.807) is 0 Å². The molecule has 1 atom stereocenters. The Morgan fingerprint density at radius 2 is 2.06 bits per heavy atom. The van der Waals surface area contributed by atoms with Gasteiger partial charge < -0.3 is 5.11 Å². The maximum absolute atomic E-state index is 12.8. The van der Waals surface area contributed by atoms with Gasteiger partial charge in [-0.25, -0.2) is 4.39 Å². The summed E-state index contributed by atoms with van der Waals surface area (Å²) in [5.41, 5.74) is 6.45. The highest BCUT2D eigenvalue weighted by Gasteiger charge is 2.35. The molecule has 1 N–H and O–H groups in total. The Morgan fingerprint density at radius 1 is 1.41 bits per heavy atom. The molecule has 0 aromatic heterocycles. The number of nitrogens with zero attached hydrogens (tertiary/aromatic N) is 3. The van der Waals surface area contributed by atoms with E-state index < -0.39 is 35.8 Å². The van der Waals surface area contributed by atoms with Gasteiger partial charge in [-0.15, -0.1) is 0 Å². The van der Waals surface area contributed by atoms with Crippen molar-refractivity contribution in [1.82, 2.24) is 0 Å². The van der Waals surface area contributed by atoms with E-state index in [9.17, 15) is 17.6 Å². The summed E-state index contributed by atoms with van der Waals surface area (Å²) < 4.78 is 50.5. The summed E-state index contributed by atoms with van der Waals surface area (Å²) >= 11 is 0. The Morgan fingerprint density at radius 3 is 2.53 bits per heavy atom.